The van der Waals surface area contributed by atoms with Crippen molar-refractivity contribution < 1.29 is 38.5 Å². The number of carbonyl (C=O) groups excluding carboxylic acids is 4. The second-order valence-electron chi connectivity index (χ2n) is 20.9. The molecule has 9 aliphatic rings. The number of rotatable bonds is 7. The Morgan fingerprint density at radius 2 is 1.51 bits per heavy atom. The monoisotopic (exact) mass is 848 g/mol. The van der Waals surface area contributed by atoms with Gasteiger partial charge in [0.25, 0.3) is 0 Å². The summed E-state index contributed by atoms with van der Waals surface area (Å²) in [5.41, 5.74) is 4.18. The number of ether oxygens (including phenoxy) is 3. The molecule has 0 aromatic rings. The first-order chi connectivity index (χ1) is 29.6. The number of nitrogens with zero attached hydrogens (tertiary/aromatic N) is 2. The molecule has 13 nitrogen and oxygen atoms in total. The van der Waals surface area contributed by atoms with E-state index >= 15 is 14.4 Å². The smallest absolute Gasteiger partial charge is 0.324 e. The summed E-state index contributed by atoms with van der Waals surface area (Å²) in [4.78, 5) is 63.4. The van der Waals surface area contributed by atoms with Gasteiger partial charge in [0, 0.05) is 45.3 Å². The number of primary amides is 1. The maximum absolute atomic E-state index is 16.2. The summed E-state index contributed by atoms with van der Waals surface area (Å²) in [5.74, 6) is 6.17. The number of amides is 4. The van der Waals surface area contributed by atoms with E-state index < -0.39 is 29.5 Å². The van der Waals surface area contributed by atoms with Gasteiger partial charge >= 0.3 is 12.0 Å². The van der Waals surface area contributed by atoms with Crippen molar-refractivity contribution in [1.29, 1.82) is 0 Å². The molecule has 61 heavy (non-hydrogen) atoms. The van der Waals surface area contributed by atoms with Gasteiger partial charge in [-0.1, -0.05) is 50.4 Å². The number of urea groups is 1. The van der Waals surface area contributed by atoms with Crippen molar-refractivity contribution in [2.45, 2.75) is 177 Å². The van der Waals surface area contributed by atoms with E-state index in [0.29, 0.717) is 44.2 Å². The minimum absolute atomic E-state index is 0.0220. The summed E-state index contributed by atoms with van der Waals surface area (Å²) < 4.78 is 18.7. The topological polar surface area (TPSA) is 173 Å². The second-order valence-corrected chi connectivity index (χ2v) is 20.9. The fourth-order valence-electron chi connectivity index (χ4n) is 15.3. The molecule has 0 radical (unpaired) electrons. The molecule has 4 amide bonds. The number of cyclic esters (lactones) is 1. The van der Waals surface area contributed by atoms with Crippen LogP contribution in [-0.4, -0.2) is 121 Å². The van der Waals surface area contributed by atoms with E-state index in [0.717, 1.165) is 96.3 Å². The van der Waals surface area contributed by atoms with Crippen LogP contribution in [0.1, 0.15) is 128 Å². The van der Waals surface area contributed by atoms with Gasteiger partial charge in [-0.3, -0.25) is 19.3 Å². The highest BCUT2D eigenvalue weighted by atomic mass is 16.6. The molecule has 5 aliphatic carbocycles. The summed E-state index contributed by atoms with van der Waals surface area (Å²) in [6.45, 7) is 1.30. The number of fused-ring (bicyclic) bond motifs is 4. The van der Waals surface area contributed by atoms with Crippen molar-refractivity contribution in [2.24, 2.45) is 58.5 Å². The first-order valence-corrected chi connectivity index (χ1v) is 24.5. The van der Waals surface area contributed by atoms with Gasteiger partial charge in [-0.25, -0.2) is 4.79 Å². The highest BCUT2D eigenvalue weighted by Gasteiger charge is 2.78. The number of hydrogen-bond donors (Lipinski definition) is 4. The van der Waals surface area contributed by atoms with Crippen molar-refractivity contribution in [3.05, 3.63) is 0 Å². The van der Waals surface area contributed by atoms with Crippen LogP contribution in [-0.2, 0) is 28.6 Å². The Hall–Kier alpha value is -2.92. The SMILES string of the molecule is COC1CC2CCN(C(=O)[C@@H]3[C@H]4C(=O)O[C@H](C5CCCCC5)[C@H](C5CCCCC5)N4[C@H](C4CCC(O)CC4)[C@@]34C(=O)NC3CCC(C#CCNC(N)=O)CC34)CC2CC1OC. The van der Waals surface area contributed by atoms with Crippen molar-refractivity contribution >= 4 is 23.8 Å². The van der Waals surface area contributed by atoms with E-state index in [2.05, 4.69) is 27.4 Å². The van der Waals surface area contributed by atoms with Gasteiger partial charge in [0.2, 0.25) is 11.8 Å². The van der Waals surface area contributed by atoms with Gasteiger partial charge in [-0.05, 0) is 125 Å². The molecular formula is C48H73N5O8. The molecule has 4 heterocycles. The molecule has 0 aromatic carbocycles. The van der Waals surface area contributed by atoms with Crippen LogP contribution in [0.25, 0.3) is 0 Å². The summed E-state index contributed by atoms with van der Waals surface area (Å²) in [7, 11) is 3.50. The number of methoxy groups -OCH3 is 2. The quantitative estimate of drug-likeness (QED) is 0.212. The first kappa shape index (κ1) is 43.3. The van der Waals surface area contributed by atoms with Crippen LogP contribution in [0.2, 0.25) is 0 Å². The summed E-state index contributed by atoms with van der Waals surface area (Å²) in [6.07, 6.45) is 17.9. The Morgan fingerprint density at radius 1 is 0.836 bits per heavy atom. The maximum atomic E-state index is 16.2. The van der Waals surface area contributed by atoms with Crippen molar-refractivity contribution in [3.8, 4) is 11.8 Å². The van der Waals surface area contributed by atoms with Gasteiger partial charge in [0.15, 0.2) is 0 Å². The number of esters is 1. The van der Waals surface area contributed by atoms with E-state index in [9.17, 15) is 9.90 Å². The molecule has 9 fully saturated rings. The van der Waals surface area contributed by atoms with E-state index in [1.165, 1.54) is 12.8 Å². The zero-order valence-corrected chi connectivity index (χ0v) is 36.8. The number of nitrogens with one attached hydrogen (secondary N) is 2. The lowest BCUT2D eigenvalue weighted by molar-refractivity contribution is -0.191. The fraction of sp³-hybridized carbons (Fsp3) is 0.875. The summed E-state index contributed by atoms with van der Waals surface area (Å²) in [5, 5.41) is 17.1. The number of nitrogens with two attached hydrogens (primary N) is 1. The first-order valence-electron chi connectivity index (χ1n) is 24.5. The number of morpholine rings is 1. The minimum atomic E-state index is -1.18. The Labute approximate surface area is 363 Å². The highest BCUT2D eigenvalue weighted by molar-refractivity contribution is 5.99. The van der Waals surface area contributed by atoms with Crippen LogP contribution in [0.4, 0.5) is 4.79 Å². The normalized spacial score (nSPS) is 43.3. The fourth-order valence-corrected chi connectivity index (χ4v) is 15.3. The average molecular weight is 848 g/mol. The Kier molecular flexibility index (Phi) is 13.0. The number of aliphatic hydroxyl groups is 1. The van der Waals surface area contributed by atoms with Crippen LogP contribution in [0.3, 0.4) is 0 Å². The Balaban J connectivity index is 1.17. The van der Waals surface area contributed by atoms with Crippen LogP contribution >= 0.6 is 0 Å². The van der Waals surface area contributed by atoms with E-state index in [1.807, 2.05) is 4.90 Å². The molecule has 1 spiro atoms. The lowest BCUT2D eigenvalue weighted by atomic mass is 9.55. The number of hydrogen-bond acceptors (Lipinski definition) is 9. The van der Waals surface area contributed by atoms with Gasteiger partial charge in [-0.2, -0.15) is 0 Å². The van der Waals surface area contributed by atoms with Crippen molar-refractivity contribution in [2.75, 3.05) is 33.9 Å². The van der Waals surface area contributed by atoms with Crippen molar-refractivity contribution in [3.63, 3.8) is 0 Å². The molecule has 5 N–H and O–H groups in total. The summed E-state index contributed by atoms with van der Waals surface area (Å²) in [6, 6.07) is -2.04. The molecule has 0 bridgehead atoms. The molecule has 4 saturated heterocycles. The molecular weight excluding hydrogens is 775 g/mol. The Bertz CT molecular complexity index is 1680. The van der Waals surface area contributed by atoms with E-state index in [1.54, 1.807) is 14.2 Å². The predicted molar refractivity (Wildman–Crippen MR) is 227 cm³/mol. The lowest BCUT2D eigenvalue weighted by Crippen LogP contribution is -2.66. The molecule has 13 heteroatoms. The standard InChI is InChI=1S/C48H73N5O8/c1-59-37-25-32-21-23-52(27-33(32)26-38(37)60-2)44(55)39-41-45(56)61-42(30-13-7-4-8-14-30)40(29-11-5-3-6-12-29)53(41)43(31-16-18-34(54)19-17-31)48(39)35-24-28(10-9-22-50-47(49)58)15-20-36(35)51-46(48)57/h28-43,54H,3-8,11-27H2,1-2H3,(H,51,57)(H3,49,50,58)/t28?,31?,32?,33?,34?,35?,36?,37?,38?,39-,40-,41-,42+,43+,48-/m0/s1. The van der Waals surface area contributed by atoms with Gasteiger partial charge < -0.3 is 40.6 Å². The number of aliphatic hydroxyl groups excluding tert-OH is 1. The molecule has 9 rings (SSSR count). The summed E-state index contributed by atoms with van der Waals surface area (Å²) >= 11 is 0. The second kappa shape index (κ2) is 18.3. The van der Waals surface area contributed by atoms with Gasteiger partial charge in [0.05, 0.1) is 42.2 Å². The third-order valence-electron chi connectivity index (χ3n) is 18.0. The average Bonchev–Trinajstić information content (AvgIpc) is 3.76. The lowest BCUT2D eigenvalue weighted by Gasteiger charge is -2.54. The Morgan fingerprint density at radius 3 is 2.18 bits per heavy atom. The van der Waals surface area contributed by atoms with Crippen LogP contribution in [0.5, 0.6) is 0 Å². The molecule has 13 atom stereocenters. The molecule has 0 aromatic heterocycles. The molecule has 5 saturated carbocycles. The molecule has 7 unspecified atom stereocenters. The number of likely N-dealkylation sites (tertiary alicyclic amines) is 1. The van der Waals surface area contributed by atoms with Crippen LogP contribution in [0.15, 0.2) is 0 Å². The minimum Gasteiger partial charge on any atom is -0.459 e. The predicted octanol–water partition coefficient (Wildman–Crippen LogP) is 4.52. The third-order valence-corrected chi connectivity index (χ3v) is 18.0. The number of piperidine rings is 1. The van der Waals surface area contributed by atoms with Gasteiger partial charge in [-0.15, -0.1) is 0 Å². The zero-order chi connectivity index (χ0) is 42.4. The largest absolute Gasteiger partial charge is 0.459 e. The van der Waals surface area contributed by atoms with Gasteiger partial charge in [0.1, 0.15) is 12.1 Å². The zero-order valence-electron chi connectivity index (χ0n) is 36.8. The molecule has 338 valence electrons. The number of carbonyl (C=O) groups is 4. The van der Waals surface area contributed by atoms with Crippen molar-refractivity contribution in [1.82, 2.24) is 20.4 Å². The van der Waals surface area contributed by atoms with E-state index in [-0.39, 0.29) is 90.4 Å². The molecule has 4 aliphatic heterocycles. The van der Waals surface area contributed by atoms with Crippen LogP contribution < -0.4 is 16.4 Å². The third kappa shape index (κ3) is 7.90. The maximum Gasteiger partial charge on any atom is 0.324 e. The van der Waals surface area contributed by atoms with E-state index in [4.69, 9.17) is 19.9 Å². The van der Waals surface area contributed by atoms with Crippen LogP contribution in [0, 0.1) is 64.6 Å². The highest BCUT2D eigenvalue weighted by Crippen LogP contribution is 2.64.